The Morgan fingerprint density at radius 1 is 0.252 bits per heavy atom. The molecule has 0 saturated carbocycles. The van der Waals surface area contributed by atoms with Crippen LogP contribution >= 0.6 is 0 Å². The number of hydrogen-bond donors (Lipinski definition) is 0. The number of benzene rings is 2. The minimum atomic E-state index is 0. The number of rotatable bonds is 75. The largest absolute Gasteiger partial charge is 2.00 e. The molecule has 0 amide bonds. The van der Waals surface area contributed by atoms with E-state index in [1.807, 2.05) is 0 Å². The number of hydrogen-bond acceptors (Lipinski definition) is 0. The Balaban J connectivity index is 0.00000163. The van der Waals surface area contributed by atoms with Crippen LogP contribution in [0.1, 0.15) is 526 Å². The molecule has 103 heavy (non-hydrogen) atoms. The number of aryl methyl sites for hydroxylation is 2. The summed E-state index contributed by atoms with van der Waals surface area (Å²) in [5.41, 5.74) is 21.4. The van der Waals surface area contributed by atoms with Gasteiger partial charge in [0, 0.05) is 16.7 Å². The van der Waals surface area contributed by atoms with Crippen molar-refractivity contribution in [3.8, 4) is 0 Å². The molecular weight excluding hydrogens is 1290 g/mol. The van der Waals surface area contributed by atoms with Gasteiger partial charge in [-0.05, 0) is 86.8 Å². The van der Waals surface area contributed by atoms with Gasteiger partial charge >= 0.3 is 16.5 Å². The molecule has 0 unspecified atom stereocenters. The molecule has 600 valence electrons. The van der Waals surface area contributed by atoms with Crippen molar-refractivity contribution < 1.29 is 21.2 Å². The molecule has 0 N–H and O–H groups in total. The minimum absolute atomic E-state index is 0. The molecule has 0 aliphatic carbocycles. The maximum Gasteiger partial charge on any atom is 2.00 e. The monoisotopic (exact) mass is 1470 g/mol. The van der Waals surface area contributed by atoms with Crippen LogP contribution in [0, 0.1) is 13.8 Å². The van der Waals surface area contributed by atoms with E-state index in [0.29, 0.717) is 0 Å². The quantitative estimate of drug-likeness (QED) is 0.0273. The van der Waals surface area contributed by atoms with E-state index in [2.05, 4.69) is 116 Å². The van der Waals surface area contributed by atoms with Gasteiger partial charge in [0.1, 0.15) is 0 Å². The van der Waals surface area contributed by atoms with Gasteiger partial charge in [-0.3, -0.25) is 0 Å². The van der Waals surface area contributed by atoms with E-state index in [-0.39, 0.29) is 16.5 Å². The van der Waals surface area contributed by atoms with Crippen molar-refractivity contribution in [2.24, 2.45) is 0 Å². The van der Waals surface area contributed by atoms with Crippen molar-refractivity contribution in [2.75, 3.05) is 0 Å². The van der Waals surface area contributed by atoms with Crippen LogP contribution in [0.5, 0.6) is 0 Å². The van der Waals surface area contributed by atoms with Crippen molar-refractivity contribution in [2.45, 2.75) is 517 Å². The summed E-state index contributed by atoms with van der Waals surface area (Å²) >= 11 is 0. The van der Waals surface area contributed by atoms with E-state index >= 15 is 0 Å². The molecule has 1 aliphatic rings. The maximum absolute atomic E-state index is 12.0. The van der Waals surface area contributed by atoms with Crippen LogP contribution in [0.2, 0.25) is 0 Å². The van der Waals surface area contributed by atoms with Gasteiger partial charge in [0.05, 0.1) is 5.57 Å². The zero-order chi connectivity index (χ0) is 73.6. The van der Waals surface area contributed by atoms with E-state index in [1.54, 1.807) is 0 Å². The van der Waals surface area contributed by atoms with Gasteiger partial charge in [-0.1, -0.05) is 489 Å². The number of unbranched alkanes of at least 4 members (excludes halogenated alkanes) is 65. The van der Waals surface area contributed by atoms with Crippen LogP contribution in [0.25, 0.3) is 16.9 Å². The summed E-state index contributed by atoms with van der Waals surface area (Å²) in [6.45, 7) is 21.5. The van der Waals surface area contributed by atoms with Crippen molar-refractivity contribution in [3.63, 3.8) is 0 Å². The predicted molar refractivity (Wildman–Crippen MR) is 464 cm³/mol. The molecule has 0 radical (unpaired) electrons. The summed E-state index contributed by atoms with van der Waals surface area (Å²) in [6.07, 6.45) is 108. The van der Waals surface area contributed by atoms with Crippen LogP contribution in [0.3, 0.4) is 0 Å². The Kier molecular flexibility index (Phi) is 80.5. The van der Waals surface area contributed by atoms with E-state index in [4.69, 9.17) is 0 Å². The summed E-state index contributed by atoms with van der Waals surface area (Å²) in [6, 6.07) is 18.1. The van der Waals surface area contributed by atoms with Gasteiger partial charge in [0.2, 0.25) is 11.4 Å². The molecule has 0 fully saturated rings. The van der Waals surface area contributed by atoms with Crippen molar-refractivity contribution >= 4 is 11.4 Å². The molecule has 1 aliphatic heterocycles. The van der Waals surface area contributed by atoms with Crippen molar-refractivity contribution in [1.82, 2.24) is 0 Å². The Labute approximate surface area is 658 Å². The van der Waals surface area contributed by atoms with Crippen LogP contribution in [0.4, 0.5) is 0 Å². The summed E-state index contributed by atoms with van der Waals surface area (Å²) in [4.78, 5) is 0. The molecule has 0 saturated heterocycles. The van der Waals surface area contributed by atoms with Crippen LogP contribution in [0.15, 0.2) is 71.8 Å². The van der Waals surface area contributed by atoms with Crippen LogP contribution < -0.4 is 0 Å². The molecule has 3 heteroatoms. The molecule has 2 nitrogen and oxygen atoms in total. The fourth-order valence-corrected chi connectivity index (χ4v) is 15.4. The Hall–Kier alpha value is -2.25. The van der Waals surface area contributed by atoms with Crippen LogP contribution in [-0.4, -0.2) is 4.70 Å². The van der Waals surface area contributed by atoms with Gasteiger partial charge in [0.25, 0.3) is 0 Å². The topological polar surface area (TPSA) is 25.3 Å². The maximum atomic E-state index is 12.0. The summed E-state index contributed by atoms with van der Waals surface area (Å²) in [5.74, 6) is 0. The molecule has 0 aromatic heterocycles. The Bertz CT molecular complexity index is 2010. The molecule has 2 aromatic carbocycles. The van der Waals surface area contributed by atoms with Crippen molar-refractivity contribution in [1.29, 1.82) is 0 Å². The number of nitrogens with zero attached hydrogens (tertiary/aromatic N) is 2. The third kappa shape index (κ3) is 62.2. The van der Waals surface area contributed by atoms with E-state index < -0.39 is 0 Å². The normalized spacial score (nSPS) is 12.3. The second kappa shape index (κ2) is 82.3. The van der Waals surface area contributed by atoms with Crippen molar-refractivity contribution in [3.05, 3.63) is 113 Å². The molecule has 1 heterocycles. The van der Waals surface area contributed by atoms with E-state index in [1.165, 1.54) is 451 Å². The fourth-order valence-electron chi connectivity index (χ4n) is 15.4. The first-order chi connectivity index (χ1) is 50.5. The van der Waals surface area contributed by atoms with Gasteiger partial charge < -0.3 is 19.4 Å². The average Bonchev–Trinajstić information content (AvgIpc) is 1.61. The minimum Gasteiger partial charge on any atom is -0.493 e. The van der Waals surface area contributed by atoms with E-state index in [9.17, 15) is 5.53 Å². The van der Waals surface area contributed by atoms with Crippen LogP contribution in [-0.2, 0) is 29.3 Å². The zero-order valence-electron chi connectivity index (χ0n) is 70.7. The van der Waals surface area contributed by atoms with Gasteiger partial charge in [-0.25, -0.2) is 4.70 Å². The zero-order valence-corrected chi connectivity index (χ0v) is 71.7. The Morgan fingerprint density at radius 2 is 0.466 bits per heavy atom. The SMILES string of the molecule is CCCCCCCCCCCCC=CC1=C(c2ccc(CCCCCCCC)cc2)[N+](=[N-])C(c2ccc(CCCC)cc2)=C1CCCC.[CH2-]CCCCCCCCCCCCCCCCCCCCCCCCCC.[CH2-]CCCCCCCCCCCCCCCCCCCCCCCCCC.[Ni+2]. The van der Waals surface area contributed by atoms with Gasteiger partial charge in [0.15, 0.2) is 0 Å². The molecule has 0 atom stereocenters. The standard InChI is InChI=1S/C46H70N2.2C27H55.Ni/c1-5-9-13-15-17-18-19-20-21-22-24-26-30-44-43(29-12-8-4)45(41-35-31-39(32-36-41)27-11-7-3)48(47)46(44)42-37-33-40(34-38-42)28-25-23-16-14-10-6-2;2*1-3-5-7-9-11-13-15-17-19-21-23-25-27-26-24-22-20-18-16-14-12-10-8-6-4-2;/h26,30-38H,5-25,27-29H2,1-4H3;2*1,3-27H2,2H3;/q;2*-1;+2. The smallest absolute Gasteiger partial charge is 0.493 e. The predicted octanol–water partition coefficient (Wildman–Crippen LogP) is 36.3. The summed E-state index contributed by atoms with van der Waals surface area (Å²) in [7, 11) is 0. The third-order valence-electron chi connectivity index (χ3n) is 22.4. The first-order valence-electron chi connectivity index (χ1n) is 46.9. The molecule has 0 spiro atoms. The first kappa shape index (κ1) is 101. The fraction of sp³-hybridized carbons (Fsp3) is 0.800. The summed E-state index contributed by atoms with van der Waals surface area (Å²) < 4.78 is 1.52. The van der Waals surface area contributed by atoms with Gasteiger partial charge in [-0.2, -0.15) is 12.8 Å². The van der Waals surface area contributed by atoms with Gasteiger partial charge in [-0.15, -0.1) is 0 Å². The molecule has 0 bridgehead atoms. The van der Waals surface area contributed by atoms with E-state index in [0.717, 1.165) is 73.9 Å². The molecule has 3 rings (SSSR count). The average molecular weight is 1470 g/mol. The third-order valence-corrected chi connectivity index (χ3v) is 22.4. The Morgan fingerprint density at radius 3 is 0.728 bits per heavy atom. The first-order valence-corrected chi connectivity index (χ1v) is 46.9. The number of allylic oxidation sites excluding steroid dienone is 4. The summed E-state index contributed by atoms with van der Waals surface area (Å²) in [5, 5.41) is 0. The second-order valence-electron chi connectivity index (χ2n) is 32.4. The molecule has 2 aromatic rings. The molecular formula is C100H180N2Ni. The second-order valence-corrected chi connectivity index (χ2v) is 32.4.